The molecule has 3 N–H and O–H groups in total. The normalized spacial score (nSPS) is 10.1. The van der Waals surface area contributed by atoms with E-state index in [1.165, 1.54) is 123 Å². The first-order valence-electron chi connectivity index (χ1n) is 30.3. The molecule has 1 amide bonds. The first-order valence-corrected chi connectivity index (χ1v) is 31.9. The second-order valence-electron chi connectivity index (χ2n) is 21.4. The Balaban J connectivity index is -0.000000339. The Morgan fingerprint density at radius 1 is 0.839 bits per heavy atom. The maximum Gasteiger partial charge on any atom is 0.313 e. The SMILES string of the molecule is C.C=C(C)C.C=NC.CCC(C)=O.CCCC(CCC)OC.CCCCCCCCCCCc1ccc(-c2ccn3ncc(CC=O)c3c2)c(S)c1.CCCN=C(c1ccc(Cl)cc1)c1c(C)sc(C)c1C.CO.COCOC(=O)C(C)(C)C.NC=O. The number of hydrogen-bond acceptors (Lipinski definition) is 13. The Hall–Kier alpha value is -5.29. The zero-order valence-electron chi connectivity index (χ0n) is 56.3. The van der Waals surface area contributed by atoms with Gasteiger partial charge in [0.25, 0.3) is 0 Å². The summed E-state index contributed by atoms with van der Waals surface area (Å²) in [4.78, 5) is 52.0. The number of thiophene rings is 1. The van der Waals surface area contributed by atoms with Crippen LogP contribution in [0.2, 0.25) is 5.02 Å². The number of nitrogens with two attached hydrogens (primary N) is 1. The second-order valence-corrected chi connectivity index (χ2v) is 23.8. The quantitative estimate of drug-likeness (QED) is 0.00973. The Bertz CT molecular complexity index is 2570. The zero-order valence-corrected chi connectivity index (χ0v) is 58.8. The molecule has 3 heterocycles. The molecule has 494 valence electrons. The molecule has 2 aromatic carbocycles. The van der Waals surface area contributed by atoms with Crippen molar-refractivity contribution in [2.75, 3.05) is 41.7 Å². The lowest BCUT2D eigenvalue weighted by molar-refractivity contribution is -0.163. The number of primary amides is 1. The van der Waals surface area contributed by atoms with E-state index in [1.54, 1.807) is 48.0 Å². The van der Waals surface area contributed by atoms with Gasteiger partial charge in [0, 0.05) is 90.3 Å². The van der Waals surface area contributed by atoms with Crippen LogP contribution in [0.4, 0.5) is 0 Å². The summed E-state index contributed by atoms with van der Waals surface area (Å²) in [5.41, 5.74) is 15.3. The molecule has 5 rings (SSSR count). The van der Waals surface area contributed by atoms with Crippen LogP contribution in [0, 0.1) is 26.2 Å². The van der Waals surface area contributed by atoms with Gasteiger partial charge in [-0.3, -0.25) is 14.6 Å². The van der Waals surface area contributed by atoms with E-state index in [0.29, 0.717) is 18.9 Å². The molecule has 0 bridgehead atoms. The van der Waals surface area contributed by atoms with Gasteiger partial charge in [0.2, 0.25) is 6.41 Å². The molecule has 0 atom stereocenters. The van der Waals surface area contributed by atoms with Gasteiger partial charge in [-0.1, -0.05) is 148 Å². The van der Waals surface area contributed by atoms with Gasteiger partial charge in [0.15, 0.2) is 6.79 Å². The van der Waals surface area contributed by atoms with Crippen LogP contribution in [-0.2, 0) is 46.2 Å². The average Bonchev–Trinajstić information content (AvgIpc) is 2.55. The highest BCUT2D eigenvalue weighted by Crippen LogP contribution is 2.31. The minimum atomic E-state index is -0.432. The molecule has 0 aliphatic heterocycles. The first kappa shape index (κ1) is 90.5. The van der Waals surface area contributed by atoms with Crippen LogP contribution < -0.4 is 5.73 Å². The zero-order chi connectivity index (χ0) is 66.5. The molecule has 3 aromatic heterocycles. The molecule has 0 saturated carbocycles. The Morgan fingerprint density at radius 3 is 1.77 bits per heavy atom. The number of methoxy groups -OCH3 is 2. The second kappa shape index (κ2) is 58.4. The fraction of sp³-hybridized carbons (Fsp3) is 0.563. The van der Waals surface area contributed by atoms with Crippen molar-refractivity contribution in [3.05, 3.63) is 122 Å². The molecular weight excluding hydrogens is 1150 g/mol. The summed E-state index contributed by atoms with van der Waals surface area (Å²) < 4.78 is 16.3. The van der Waals surface area contributed by atoms with E-state index in [0.717, 1.165) is 76.2 Å². The number of hydrogen-bond donors (Lipinski definition) is 3. The average molecular weight is 1270 g/mol. The molecule has 87 heavy (non-hydrogen) atoms. The molecule has 16 heteroatoms. The van der Waals surface area contributed by atoms with Gasteiger partial charge < -0.3 is 39.6 Å². The number of thiol groups is 1. The minimum absolute atomic E-state index is 0. The van der Waals surface area contributed by atoms with Gasteiger partial charge in [0.05, 0.1) is 28.9 Å². The van der Waals surface area contributed by atoms with Crippen LogP contribution in [-0.4, -0.2) is 99.4 Å². The largest absolute Gasteiger partial charge is 0.438 e. The van der Waals surface area contributed by atoms with Crippen LogP contribution in [0.5, 0.6) is 0 Å². The number of aliphatic hydroxyl groups is 1. The third kappa shape index (κ3) is 44.7. The topological polar surface area (TPSA) is 184 Å². The standard InChI is InChI=1S/C26H34N2OS.C17H20ClNS.C8H18O.C7H14O3.C4H8O.C4H8.C2H5N.CH3NO.CH4O.CH4/c1-2-3-4-5-6-7-8-9-10-11-21-12-13-24(26(30)18-21)22-14-16-28-25(19-22)23(15-17-29)20-27-28;1-5-10-19-17(14-6-8-15(18)9-7-14)16-11(2)12(3)20-13(16)4;1-4-6-8(9-3)7-5-2;1-7(2,3)6(8)10-5-9-4;1-3-4(2)5;1-4(2)3;1-3-2;2-1-3;1-2;/h12-14,16-20,30H,2-11,15H2,1H3;6-9H,5,10H2,1-4H3;8H,4-7H2,1-3H3;5H2,1-4H3;3H2,1-2H3;1H2,2-3H3;1H2,2H3;1H,(H2,2,3);2H,1H3;1H4. The monoisotopic (exact) mass is 1270 g/mol. The van der Waals surface area contributed by atoms with Crippen molar-refractivity contribution in [1.29, 1.82) is 0 Å². The van der Waals surface area contributed by atoms with Gasteiger partial charge in [-0.2, -0.15) is 5.10 Å². The predicted octanol–water partition coefficient (Wildman–Crippen LogP) is 18.7. The van der Waals surface area contributed by atoms with Crippen molar-refractivity contribution in [2.24, 2.45) is 21.1 Å². The summed E-state index contributed by atoms with van der Waals surface area (Å²) in [5.74, 6) is 0.0133. The summed E-state index contributed by atoms with van der Waals surface area (Å²) in [6.07, 6.45) is 25.7. The van der Waals surface area contributed by atoms with Crippen molar-refractivity contribution in [3.63, 3.8) is 0 Å². The third-order valence-electron chi connectivity index (χ3n) is 12.2. The number of aldehydes is 1. The Morgan fingerprint density at radius 2 is 1.36 bits per heavy atom. The van der Waals surface area contributed by atoms with Gasteiger partial charge in [0.1, 0.15) is 12.1 Å². The van der Waals surface area contributed by atoms with Gasteiger partial charge in [-0.05, 0) is 154 Å². The minimum Gasteiger partial charge on any atom is -0.438 e. The number of fused-ring (bicyclic) bond motifs is 1. The van der Waals surface area contributed by atoms with Crippen LogP contribution in [0.25, 0.3) is 16.6 Å². The fourth-order valence-electron chi connectivity index (χ4n) is 7.70. The molecular formula is C71H118ClN5O8S2. The van der Waals surface area contributed by atoms with Gasteiger partial charge in [-0.15, -0.1) is 30.5 Å². The number of aromatic nitrogens is 2. The number of unbranched alkanes of at least 4 members (excludes halogenated alkanes) is 8. The number of carbonyl (C=O) groups excluding carboxylic acids is 4. The number of aliphatic imine (C=N–C) groups is 2. The van der Waals surface area contributed by atoms with Gasteiger partial charge in [-0.25, -0.2) is 4.52 Å². The number of nitrogens with zero attached hydrogens (tertiary/aromatic N) is 4. The summed E-state index contributed by atoms with van der Waals surface area (Å²) in [6.45, 7) is 35.7. The summed E-state index contributed by atoms with van der Waals surface area (Å²) in [6, 6.07) is 18.7. The van der Waals surface area contributed by atoms with E-state index >= 15 is 0 Å². The number of Topliss-reactive ketones (excluding diaryl/α,β-unsaturated/α-hetero) is 1. The molecule has 0 radical (unpaired) electrons. The number of ketones is 1. The molecule has 0 saturated heterocycles. The molecule has 0 aliphatic rings. The van der Waals surface area contributed by atoms with Crippen molar-refractivity contribution >= 4 is 78.0 Å². The maximum absolute atomic E-state index is 10.9. The fourth-order valence-corrected chi connectivity index (χ4v) is 9.26. The maximum atomic E-state index is 10.9. The number of aliphatic hydroxyl groups excluding tert-OH is 1. The third-order valence-corrected chi connectivity index (χ3v) is 14.0. The highest BCUT2D eigenvalue weighted by Gasteiger charge is 2.22. The molecule has 0 spiro atoms. The molecule has 0 aliphatic carbocycles. The number of rotatable bonds is 25. The van der Waals surface area contributed by atoms with E-state index in [9.17, 15) is 14.4 Å². The van der Waals surface area contributed by atoms with Crippen LogP contribution in [0.15, 0.2) is 94.0 Å². The van der Waals surface area contributed by atoms with Crippen molar-refractivity contribution in [3.8, 4) is 11.1 Å². The van der Waals surface area contributed by atoms with Crippen molar-refractivity contribution < 1.29 is 38.5 Å². The van der Waals surface area contributed by atoms with E-state index in [2.05, 4.69) is 125 Å². The molecule has 13 nitrogen and oxygen atoms in total. The Kier molecular flexibility index (Phi) is 60.7. The lowest BCUT2D eigenvalue weighted by Crippen LogP contribution is -2.23. The number of esters is 1. The smallest absolute Gasteiger partial charge is 0.313 e. The van der Waals surface area contributed by atoms with E-state index in [4.69, 9.17) is 48.6 Å². The lowest BCUT2D eigenvalue weighted by atomic mass is 9.98. The number of allylic oxidation sites excluding steroid dienone is 1. The predicted molar refractivity (Wildman–Crippen MR) is 379 cm³/mol. The van der Waals surface area contributed by atoms with Crippen LogP contribution in [0.1, 0.15) is 217 Å². The Labute approximate surface area is 543 Å². The van der Waals surface area contributed by atoms with E-state index in [1.807, 2.05) is 55.0 Å². The molecule has 5 aromatic rings. The van der Waals surface area contributed by atoms with Crippen molar-refractivity contribution in [1.82, 2.24) is 9.61 Å². The van der Waals surface area contributed by atoms with E-state index < -0.39 is 5.41 Å². The summed E-state index contributed by atoms with van der Waals surface area (Å²) in [7, 11) is 5.92. The number of ether oxygens (including phenoxy) is 3. The number of amides is 1. The summed E-state index contributed by atoms with van der Waals surface area (Å²) >= 11 is 12.6. The van der Waals surface area contributed by atoms with E-state index in [-0.39, 0.29) is 32.4 Å². The van der Waals surface area contributed by atoms with Crippen LogP contribution in [0.3, 0.4) is 0 Å². The summed E-state index contributed by atoms with van der Waals surface area (Å²) in [5, 5.41) is 12.1. The van der Waals surface area contributed by atoms with Crippen molar-refractivity contribution in [2.45, 2.75) is 225 Å². The molecule has 0 unspecified atom stereocenters. The first-order chi connectivity index (χ1) is 40.9. The lowest BCUT2D eigenvalue weighted by Gasteiger charge is -2.15. The number of aryl methyl sites for hydroxylation is 3. The number of benzene rings is 2. The molecule has 0 fully saturated rings. The highest BCUT2D eigenvalue weighted by atomic mass is 35.5. The number of halogens is 1. The van der Waals surface area contributed by atoms with Gasteiger partial charge >= 0.3 is 5.97 Å². The number of carbonyl (C=O) groups is 4. The van der Waals surface area contributed by atoms with Crippen LogP contribution >= 0.6 is 35.6 Å². The highest BCUT2D eigenvalue weighted by molar-refractivity contribution is 7.80. The number of pyridine rings is 1.